The van der Waals surface area contributed by atoms with Gasteiger partial charge in [0, 0.05) is 24.6 Å². The Kier molecular flexibility index (Phi) is 5.36. The third-order valence-electron chi connectivity index (χ3n) is 4.24. The van der Waals surface area contributed by atoms with E-state index in [0.717, 1.165) is 0 Å². The summed E-state index contributed by atoms with van der Waals surface area (Å²) < 4.78 is 10.9. The molecule has 1 fully saturated rings. The Morgan fingerprint density at radius 2 is 2.04 bits per heavy atom. The lowest BCUT2D eigenvalue weighted by atomic mass is 9.99. The van der Waals surface area contributed by atoms with E-state index in [4.69, 9.17) is 9.47 Å². The van der Waals surface area contributed by atoms with Gasteiger partial charge in [-0.15, -0.1) is 0 Å². The molecule has 2 unspecified atom stereocenters. The van der Waals surface area contributed by atoms with Gasteiger partial charge in [0.15, 0.2) is 0 Å². The molecule has 2 atom stereocenters. The molecule has 2 aromatic rings. The maximum Gasteiger partial charge on any atom is 0.270 e. The molecule has 0 spiro atoms. The minimum atomic E-state index is -0.272. The Morgan fingerprint density at radius 1 is 1.23 bits per heavy atom. The number of hydrogen-bond acceptors (Lipinski definition) is 5. The molecule has 0 saturated carbocycles. The van der Waals surface area contributed by atoms with Crippen molar-refractivity contribution in [2.45, 2.75) is 31.8 Å². The zero-order chi connectivity index (χ0) is 18.5. The number of benzene rings is 1. The van der Waals surface area contributed by atoms with Gasteiger partial charge in [-0.25, -0.2) is 4.98 Å². The van der Waals surface area contributed by atoms with Crippen LogP contribution < -0.4 is 20.1 Å². The summed E-state index contributed by atoms with van der Waals surface area (Å²) in [5.41, 5.74) is 0.298. The van der Waals surface area contributed by atoms with Gasteiger partial charge in [-0.3, -0.25) is 9.59 Å². The summed E-state index contributed by atoms with van der Waals surface area (Å²) in [5, 5.41) is 5.74. The van der Waals surface area contributed by atoms with Crippen LogP contribution in [0.1, 0.15) is 30.3 Å². The zero-order valence-corrected chi connectivity index (χ0v) is 14.7. The number of ether oxygens (including phenoxy) is 2. The van der Waals surface area contributed by atoms with Crippen molar-refractivity contribution in [2.75, 3.05) is 7.11 Å². The van der Waals surface area contributed by atoms with Gasteiger partial charge in [-0.2, -0.15) is 0 Å². The van der Waals surface area contributed by atoms with Gasteiger partial charge in [0.1, 0.15) is 22.9 Å². The Bertz CT molecular complexity index is 792. The highest BCUT2D eigenvalue weighted by Gasteiger charge is 2.26. The summed E-state index contributed by atoms with van der Waals surface area (Å²) in [6.07, 6.45) is 2.53. The number of pyridine rings is 1. The predicted octanol–water partition coefficient (Wildman–Crippen LogP) is 2.28. The minimum Gasteiger partial charge on any atom is -0.497 e. The van der Waals surface area contributed by atoms with Crippen LogP contribution in [-0.4, -0.2) is 36.0 Å². The highest BCUT2D eigenvalue weighted by atomic mass is 16.5. The molecule has 7 nitrogen and oxygen atoms in total. The van der Waals surface area contributed by atoms with E-state index in [2.05, 4.69) is 15.6 Å². The van der Waals surface area contributed by atoms with Crippen LogP contribution in [0.5, 0.6) is 17.2 Å². The number of hydrogen-bond donors (Lipinski definition) is 2. The molecule has 26 heavy (non-hydrogen) atoms. The number of amides is 2. The van der Waals surface area contributed by atoms with E-state index in [1.165, 1.54) is 6.20 Å². The summed E-state index contributed by atoms with van der Waals surface area (Å²) in [6, 6.07) is 10.3. The molecule has 0 bridgehead atoms. The summed E-state index contributed by atoms with van der Waals surface area (Å²) in [4.78, 5) is 27.9. The van der Waals surface area contributed by atoms with Crippen molar-refractivity contribution in [3.05, 3.63) is 48.3 Å². The van der Waals surface area contributed by atoms with E-state index in [1.54, 1.807) is 25.3 Å². The molecular formula is C19H21N3O4. The average molecular weight is 355 g/mol. The molecule has 1 aliphatic rings. The fourth-order valence-corrected chi connectivity index (χ4v) is 2.78. The number of rotatable bonds is 5. The standard InChI is InChI=1S/C19H21N3O4/c1-12-16(8-9-18(23)21-12)22-19(24)17-7-6-15(11-20-17)26-14-5-3-4-13(10-14)25-2/h3-7,10-12,16H,8-9H2,1-2H3,(H,21,23)(H,22,24). The SMILES string of the molecule is COc1cccc(Oc2ccc(C(=O)NC3CCC(=O)NC3C)nc2)c1. The van der Waals surface area contributed by atoms with Crippen molar-refractivity contribution in [1.29, 1.82) is 0 Å². The molecule has 136 valence electrons. The first-order chi connectivity index (χ1) is 12.5. The van der Waals surface area contributed by atoms with Gasteiger partial charge >= 0.3 is 0 Å². The van der Waals surface area contributed by atoms with E-state index in [9.17, 15) is 9.59 Å². The molecule has 1 aliphatic heterocycles. The lowest BCUT2D eigenvalue weighted by molar-refractivity contribution is -0.123. The number of methoxy groups -OCH3 is 1. The second-order valence-corrected chi connectivity index (χ2v) is 6.14. The monoisotopic (exact) mass is 355 g/mol. The van der Waals surface area contributed by atoms with Crippen molar-refractivity contribution in [1.82, 2.24) is 15.6 Å². The first kappa shape index (κ1) is 17.7. The van der Waals surface area contributed by atoms with Crippen molar-refractivity contribution >= 4 is 11.8 Å². The number of aromatic nitrogens is 1. The van der Waals surface area contributed by atoms with Crippen LogP contribution in [0, 0.1) is 0 Å². The Balaban J connectivity index is 1.61. The van der Waals surface area contributed by atoms with Crippen LogP contribution >= 0.6 is 0 Å². The molecule has 1 aromatic heterocycles. The molecule has 1 aromatic carbocycles. The number of nitrogens with one attached hydrogen (secondary N) is 2. The summed E-state index contributed by atoms with van der Waals surface area (Å²) >= 11 is 0. The quantitative estimate of drug-likeness (QED) is 0.859. The predicted molar refractivity (Wildman–Crippen MR) is 95.4 cm³/mol. The van der Waals surface area contributed by atoms with Gasteiger partial charge in [0.25, 0.3) is 5.91 Å². The zero-order valence-electron chi connectivity index (χ0n) is 14.7. The van der Waals surface area contributed by atoms with Crippen LogP contribution in [0.2, 0.25) is 0 Å². The fraction of sp³-hybridized carbons (Fsp3) is 0.316. The Morgan fingerprint density at radius 3 is 2.73 bits per heavy atom. The van der Waals surface area contributed by atoms with E-state index < -0.39 is 0 Å². The second-order valence-electron chi connectivity index (χ2n) is 6.14. The maximum atomic E-state index is 12.3. The molecule has 3 rings (SSSR count). The van der Waals surface area contributed by atoms with Crippen molar-refractivity contribution in [3.8, 4) is 17.2 Å². The molecule has 0 radical (unpaired) electrons. The highest BCUT2D eigenvalue weighted by molar-refractivity contribution is 5.92. The molecular weight excluding hydrogens is 334 g/mol. The van der Waals surface area contributed by atoms with Crippen molar-refractivity contribution in [2.24, 2.45) is 0 Å². The van der Waals surface area contributed by atoms with Crippen molar-refractivity contribution in [3.63, 3.8) is 0 Å². The van der Waals surface area contributed by atoms with E-state index in [1.807, 2.05) is 25.1 Å². The largest absolute Gasteiger partial charge is 0.497 e. The lowest BCUT2D eigenvalue weighted by Crippen LogP contribution is -2.54. The Hall–Kier alpha value is -3.09. The van der Waals surface area contributed by atoms with E-state index >= 15 is 0 Å². The molecule has 0 aliphatic carbocycles. The summed E-state index contributed by atoms with van der Waals surface area (Å²) in [5.74, 6) is 1.58. The molecule has 7 heteroatoms. The molecule has 2 amide bonds. The third kappa shape index (κ3) is 4.30. The number of nitrogens with zero attached hydrogens (tertiary/aromatic N) is 1. The maximum absolute atomic E-state index is 12.3. The van der Waals surface area contributed by atoms with Crippen LogP contribution in [0.3, 0.4) is 0 Å². The van der Waals surface area contributed by atoms with Crippen LogP contribution in [-0.2, 0) is 4.79 Å². The number of piperidine rings is 1. The molecule has 2 N–H and O–H groups in total. The van der Waals surface area contributed by atoms with E-state index in [0.29, 0.717) is 35.8 Å². The van der Waals surface area contributed by atoms with E-state index in [-0.39, 0.29) is 23.9 Å². The van der Waals surface area contributed by atoms with Gasteiger partial charge in [-0.1, -0.05) is 6.07 Å². The number of carbonyl (C=O) groups excluding carboxylic acids is 2. The van der Waals surface area contributed by atoms with Crippen LogP contribution in [0.25, 0.3) is 0 Å². The Labute approximate surface area is 151 Å². The van der Waals surface area contributed by atoms with Crippen LogP contribution in [0.4, 0.5) is 0 Å². The first-order valence-electron chi connectivity index (χ1n) is 8.43. The smallest absolute Gasteiger partial charge is 0.270 e. The second kappa shape index (κ2) is 7.86. The normalized spacial score (nSPS) is 19.4. The van der Waals surface area contributed by atoms with Gasteiger partial charge in [0.2, 0.25) is 5.91 Å². The summed E-state index contributed by atoms with van der Waals surface area (Å²) in [6.45, 7) is 1.88. The molecule has 1 saturated heterocycles. The minimum absolute atomic E-state index is 0.0140. The fourth-order valence-electron chi connectivity index (χ4n) is 2.78. The van der Waals surface area contributed by atoms with Gasteiger partial charge < -0.3 is 20.1 Å². The average Bonchev–Trinajstić information content (AvgIpc) is 2.64. The van der Waals surface area contributed by atoms with Gasteiger partial charge in [-0.05, 0) is 37.6 Å². The first-order valence-corrected chi connectivity index (χ1v) is 8.43. The molecule has 2 heterocycles. The topological polar surface area (TPSA) is 89.5 Å². The third-order valence-corrected chi connectivity index (χ3v) is 4.24. The van der Waals surface area contributed by atoms with Crippen LogP contribution in [0.15, 0.2) is 42.6 Å². The lowest BCUT2D eigenvalue weighted by Gasteiger charge is -2.30. The summed E-state index contributed by atoms with van der Waals surface area (Å²) in [7, 11) is 1.59. The van der Waals surface area contributed by atoms with Gasteiger partial charge in [0.05, 0.1) is 13.3 Å². The number of carbonyl (C=O) groups is 2. The van der Waals surface area contributed by atoms with Crippen molar-refractivity contribution < 1.29 is 19.1 Å². The highest BCUT2D eigenvalue weighted by Crippen LogP contribution is 2.24.